The van der Waals surface area contributed by atoms with Gasteiger partial charge in [0.1, 0.15) is 23.9 Å². The Bertz CT molecular complexity index is 978. The number of hydrogen-bond donors (Lipinski definition) is 1. The van der Waals surface area contributed by atoms with Crippen molar-refractivity contribution in [1.29, 1.82) is 0 Å². The van der Waals surface area contributed by atoms with Crippen molar-refractivity contribution in [2.24, 2.45) is 7.05 Å². The van der Waals surface area contributed by atoms with Gasteiger partial charge in [0.15, 0.2) is 0 Å². The van der Waals surface area contributed by atoms with Gasteiger partial charge in [0.25, 0.3) is 0 Å². The minimum Gasteiger partial charge on any atom is -0.508 e. The summed E-state index contributed by atoms with van der Waals surface area (Å²) < 4.78 is 14.0. The number of hydrogen-bond acceptors (Lipinski definition) is 6. The number of nitrogens with zero attached hydrogens (tertiary/aromatic N) is 4. The van der Waals surface area contributed by atoms with Crippen molar-refractivity contribution in [2.45, 2.75) is 20.5 Å². The number of tetrazole rings is 1. The second-order valence-corrected chi connectivity index (χ2v) is 5.72. The van der Waals surface area contributed by atoms with Crippen molar-refractivity contribution in [2.75, 3.05) is 6.61 Å². The molecule has 26 heavy (non-hydrogen) atoms. The lowest BCUT2D eigenvalue weighted by Crippen LogP contribution is -2.23. The summed E-state index contributed by atoms with van der Waals surface area (Å²) in [5.41, 5.74) is 1.67. The molecule has 1 heterocycles. The van der Waals surface area contributed by atoms with Crippen LogP contribution in [0, 0.1) is 6.92 Å². The summed E-state index contributed by atoms with van der Waals surface area (Å²) in [6.07, 6.45) is 0. The summed E-state index contributed by atoms with van der Waals surface area (Å²) in [5, 5.41) is 17.2. The molecule has 0 fully saturated rings. The first-order valence-corrected chi connectivity index (χ1v) is 8.17. The highest BCUT2D eigenvalue weighted by Gasteiger charge is 2.16. The maximum absolute atomic E-state index is 12.2. The molecule has 0 radical (unpaired) electrons. The third-order valence-corrected chi connectivity index (χ3v) is 3.89. The highest BCUT2D eigenvalue weighted by atomic mass is 16.5. The van der Waals surface area contributed by atoms with Gasteiger partial charge >= 0.3 is 5.69 Å². The average molecular weight is 356 g/mol. The van der Waals surface area contributed by atoms with Gasteiger partial charge in [-0.05, 0) is 60.2 Å². The van der Waals surface area contributed by atoms with E-state index in [4.69, 9.17) is 9.47 Å². The van der Waals surface area contributed by atoms with Crippen molar-refractivity contribution in [3.05, 3.63) is 58.0 Å². The number of phenolic OH excluding ortho intramolecular Hbond substituents is 1. The Balaban J connectivity index is 2.00. The molecule has 0 bridgehead atoms. The monoisotopic (exact) mass is 356 g/mol. The summed E-state index contributed by atoms with van der Waals surface area (Å²) in [4.78, 5) is 12.2. The number of aromatic nitrogens is 4. The van der Waals surface area contributed by atoms with Crippen LogP contribution in [0.1, 0.15) is 18.1 Å². The molecular formula is C18H20N4O4. The molecule has 0 saturated heterocycles. The van der Waals surface area contributed by atoms with Gasteiger partial charge in [0.2, 0.25) is 0 Å². The number of ether oxygens (including phenoxy) is 2. The molecule has 8 nitrogen and oxygen atoms in total. The predicted molar refractivity (Wildman–Crippen MR) is 94.9 cm³/mol. The van der Waals surface area contributed by atoms with Gasteiger partial charge < -0.3 is 14.6 Å². The summed E-state index contributed by atoms with van der Waals surface area (Å²) in [5.74, 6) is 1.42. The third kappa shape index (κ3) is 3.39. The Labute approximate surface area is 150 Å². The molecule has 8 heteroatoms. The number of rotatable bonds is 6. The molecule has 0 aliphatic heterocycles. The van der Waals surface area contributed by atoms with Gasteiger partial charge in [-0.3, -0.25) is 0 Å². The van der Waals surface area contributed by atoms with Crippen LogP contribution in [0.2, 0.25) is 0 Å². The maximum atomic E-state index is 12.2. The van der Waals surface area contributed by atoms with E-state index < -0.39 is 0 Å². The van der Waals surface area contributed by atoms with E-state index in [0.29, 0.717) is 29.4 Å². The zero-order chi connectivity index (χ0) is 18.7. The molecule has 0 unspecified atom stereocenters. The molecule has 0 spiro atoms. The van der Waals surface area contributed by atoms with E-state index in [1.165, 1.54) is 11.7 Å². The van der Waals surface area contributed by atoms with E-state index in [0.717, 1.165) is 10.2 Å². The Morgan fingerprint density at radius 3 is 2.58 bits per heavy atom. The Morgan fingerprint density at radius 1 is 1.12 bits per heavy atom. The van der Waals surface area contributed by atoms with Crippen LogP contribution in [-0.2, 0) is 13.7 Å². The average Bonchev–Trinajstić information content (AvgIpc) is 2.94. The normalized spacial score (nSPS) is 10.7. The molecule has 1 N–H and O–H groups in total. The van der Waals surface area contributed by atoms with Gasteiger partial charge in [0, 0.05) is 7.05 Å². The fourth-order valence-electron chi connectivity index (χ4n) is 2.60. The first-order valence-electron chi connectivity index (χ1n) is 8.17. The van der Waals surface area contributed by atoms with Crippen molar-refractivity contribution < 1.29 is 14.6 Å². The van der Waals surface area contributed by atoms with Crippen molar-refractivity contribution in [3.8, 4) is 22.9 Å². The number of aromatic hydroxyl groups is 1. The molecule has 0 aliphatic carbocycles. The van der Waals surface area contributed by atoms with Crippen LogP contribution in [0.4, 0.5) is 0 Å². The fraction of sp³-hybridized carbons (Fsp3) is 0.278. The van der Waals surface area contributed by atoms with E-state index >= 15 is 0 Å². The Kier molecular flexibility index (Phi) is 4.92. The van der Waals surface area contributed by atoms with Crippen LogP contribution in [0.3, 0.4) is 0 Å². The molecule has 0 atom stereocenters. The second-order valence-electron chi connectivity index (χ2n) is 5.72. The maximum Gasteiger partial charge on any atom is 0.368 e. The summed E-state index contributed by atoms with van der Waals surface area (Å²) in [6, 6.07) is 10.2. The Hall–Kier alpha value is -3.29. The first kappa shape index (κ1) is 17.5. The van der Waals surface area contributed by atoms with Crippen LogP contribution in [0.15, 0.2) is 41.2 Å². The molecule has 136 valence electrons. The molecule has 0 aliphatic rings. The molecule has 1 aromatic heterocycles. The minimum absolute atomic E-state index is 0.167. The summed E-state index contributed by atoms with van der Waals surface area (Å²) in [6.45, 7) is 4.37. The third-order valence-electron chi connectivity index (χ3n) is 3.89. The summed E-state index contributed by atoms with van der Waals surface area (Å²) in [7, 11) is 1.54. The lowest BCUT2D eigenvalue weighted by Gasteiger charge is -2.16. The van der Waals surface area contributed by atoms with Crippen LogP contribution < -0.4 is 15.2 Å². The molecule has 3 rings (SSSR count). The van der Waals surface area contributed by atoms with Crippen molar-refractivity contribution >= 4 is 0 Å². The topological polar surface area (TPSA) is 91.4 Å². The van der Waals surface area contributed by atoms with Crippen LogP contribution in [-0.4, -0.2) is 31.5 Å². The fourth-order valence-corrected chi connectivity index (χ4v) is 2.60. The highest BCUT2D eigenvalue weighted by molar-refractivity contribution is 5.49. The summed E-state index contributed by atoms with van der Waals surface area (Å²) >= 11 is 0. The van der Waals surface area contributed by atoms with Crippen LogP contribution >= 0.6 is 0 Å². The van der Waals surface area contributed by atoms with E-state index in [9.17, 15) is 9.90 Å². The highest BCUT2D eigenvalue weighted by Crippen LogP contribution is 2.28. The van der Waals surface area contributed by atoms with Gasteiger partial charge in [-0.15, -0.1) is 0 Å². The molecular weight excluding hydrogens is 336 g/mol. The van der Waals surface area contributed by atoms with Gasteiger partial charge in [-0.25, -0.2) is 4.79 Å². The van der Waals surface area contributed by atoms with E-state index in [-0.39, 0.29) is 18.0 Å². The van der Waals surface area contributed by atoms with Crippen LogP contribution in [0.25, 0.3) is 5.69 Å². The smallest absolute Gasteiger partial charge is 0.368 e. The van der Waals surface area contributed by atoms with Crippen molar-refractivity contribution in [1.82, 2.24) is 19.8 Å². The standard InChI is InChI=1S/C18H20N4O4/c1-4-25-17-7-5-6-15(22-18(24)21(3)19-20-22)14(17)11-26-16-9-8-13(23)10-12(16)2/h5-10,23H,4,11H2,1-3H3. The Morgan fingerprint density at radius 2 is 1.92 bits per heavy atom. The second kappa shape index (κ2) is 7.30. The lowest BCUT2D eigenvalue weighted by atomic mass is 10.1. The van der Waals surface area contributed by atoms with E-state index in [2.05, 4.69) is 10.4 Å². The van der Waals surface area contributed by atoms with Crippen molar-refractivity contribution in [3.63, 3.8) is 0 Å². The molecule has 3 aromatic rings. The van der Waals surface area contributed by atoms with Gasteiger partial charge in [-0.1, -0.05) is 6.07 Å². The van der Waals surface area contributed by atoms with Gasteiger partial charge in [-0.2, -0.15) is 9.36 Å². The van der Waals surface area contributed by atoms with Gasteiger partial charge in [0.05, 0.1) is 17.9 Å². The minimum atomic E-state index is -0.360. The number of aryl methyl sites for hydroxylation is 2. The molecule has 0 amide bonds. The SMILES string of the molecule is CCOc1cccc(-n2nnn(C)c2=O)c1COc1ccc(O)cc1C. The zero-order valence-corrected chi connectivity index (χ0v) is 14.8. The quantitative estimate of drug-likeness (QED) is 0.726. The predicted octanol–water partition coefficient (Wildman–Crippen LogP) is 1.96. The first-order chi connectivity index (χ1) is 12.5. The molecule has 2 aromatic carbocycles. The number of benzene rings is 2. The number of phenols is 1. The lowest BCUT2D eigenvalue weighted by molar-refractivity contribution is 0.284. The van der Waals surface area contributed by atoms with Crippen LogP contribution in [0.5, 0.6) is 17.2 Å². The largest absolute Gasteiger partial charge is 0.508 e. The molecule has 0 saturated carbocycles. The van der Waals surface area contributed by atoms with E-state index in [1.807, 2.05) is 19.9 Å². The zero-order valence-electron chi connectivity index (χ0n) is 14.8. The van der Waals surface area contributed by atoms with E-state index in [1.54, 1.807) is 30.3 Å².